The number of hydrogen-bond acceptors (Lipinski definition) is 1. The maximum atomic E-state index is 3.40. The van der Waals surface area contributed by atoms with Gasteiger partial charge >= 0.3 is 0 Å². The minimum Gasteiger partial charge on any atom is -0.365 e. The molecule has 0 saturated heterocycles. The van der Waals surface area contributed by atoms with Crippen LogP contribution in [-0.4, -0.2) is 11.0 Å². The van der Waals surface area contributed by atoms with E-state index in [1.807, 2.05) is 6.20 Å². The van der Waals surface area contributed by atoms with Crippen LogP contribution in [0.3, 0.4) is 0 Å². The fourth-order valence-electron chi connectivity index (χ4n) is 1.45. The second-order valence-corrected chi connectivity index (χ2v) is 2.97. The summed E-state index contributed by atoms with van der Waals surface area (Å²) in [5.74, 6) is 0. The van der Waals surface area contributed by atoms with Crippen LogP contribution in [0, 0.1) is 0 Å². The Hall–Kier alpha value is -0.470. The monoisotopic (exact) mass is 172 g/mol. The molecule has 11 heavy (non-hydrogen) atoms. The van der Waals surface area contributed by atoms with Crippen molar-refractivity contribution in [2.75, 3.05) is 0 Å². The van der Waals surface area contributed by atoms with E-state index in [2.05, 4.69) is 23.3 Å². The number of rotatable bonds is 0. The molecule has 1 aliphatic rings. The van der Waals surface area contributed by atoms with E-state index >= 15 is 0 Å². The molecule has 1 atom stereocenters. The molecule has 1 unspecified atom stereocenters. The normalized spacial score (nSPS) is 22.1. The van der Waals surface area contributed by atoms with Gasteiger partial charge in [0.1, 0.15) is 0 Å². The van der Waals surface area contributed by atoms with Gasteiger partial charge in [0.2, 0.25) is 0 Å². The van der Waals surface area contributed by atoms with Gasteiger partial charge in [0.25, 0.3) is 0 Å². The molecule has 2 N–H and O–H groups in total. The van der Waals surface area contributed by atoms with Gasteiger partial charge < -0.3 is 10.3 Å². The summed E-state index contributed by atoms with van der Waals surface area (Å²) in [6.07, 6.45) is 3.16. The zero-order valence-electron chi connectivity index (χ0n) is 6.55. The fraction of sp³-hybridized carbons (Fsp3) is 0.500. The van der Waals surface area contributed by atoms with Crippen LogP contribution >= 0.6 is 12.4 Å². The van der Waals surface area contributed by atoms with E-state index in [0.29, 0.717) is 6.04 Å². The van der Waals surface area contributed by atoms with Crippen LogP contribution in [0.1, 0.15) is 18.2 Å². The van der Waals surface area contributed by atoms with Crippen LogP contribution in [0.2, 0.25) is 0 Å². The third-order valence-electron chi connectivity index (χ3n) is 2.08. The van der Waals surface area contributed by atoms with Crippen LogP contribution < -0.4 is 5.32 Å². The predicted octanol–water partition coefficient (Wildman–Crippen LogP) is 1.47. The van der Waals surface area contributed by atoms with E-state index in [-0.39, 0.29) is 12.4 Å². The van der Waals surface area contributed by atoms with Crippen LogP contribution in [0.5, 0.6) is 0 Å². The SMILES string of the molecule is CC1Cc2[nH]ccc2CN1.Cl. The molecule has 0 bridgehead atoms. The van der Waals surface area contributed by atoms with Gasteiger partial charge in [-0.3, -0.25) is 0 Å². The summed E-state index contributed by atoms with van der Waals surface area (Å²) in [6.45, 7) is 3.24. The Balaban J connectivity index is 0.000000605. The second-order valence-electron chi connectivity index (χ2n) is 2.97. The third-order valence-corrected chi connectivity index (χ3v) is 2.08. The largest absolute Gasteiger partial charge is 0.365 e. The molecule has 62 valence electrons. The molecule has 0 amide bonds. The number of aromatic nitrogens is 1. The molecule has 2 nitrogen and oxygen atoms in total. The Morgan fingerprint density at radius 1 is 1.55 bits per heavy atom. The van der Waals surface area contributed by atoms with E-state index in [1.54, 1.807) is 0 Å². The quantitative estimate of drug-likeness (QED) is 0.610. The number of aromatic amines is 1. The highest BCUT2D eigenvalue weighted by Crippen LogP contribution is 2.13. The van der Waals surface area contributed by atoms with Crippen molar-refractivity contribution >= 4 is 12.4 Å². The molecule has 3 heteroatoms. The molecule has 0 aliphatic carbocycles. The Morgan fingerprint density at radius 3 is 3.18 bits per heavy atom. The summed E-state index contributed by atoms with van der Waals surface area (Å²) >= 11 is 0. The standard InChI is InChI=1S/C8H12N2.ClH/c1-6-4-8-7(5-10-6)2-3-9-8;/h2-3,6,9-10H,4-5H2,1H3;1H. The molecule has 0 aromatic carbocycles. The van der Waals surface area contributed by atoms with E-state index < -0.39 is 0 Å². The van der Waals surface area contributed by atoms with Crippen LogP contribution in [0.25, 0.3) is 0 Å². The average Bonchev–Trinajstić information content (AvgIpc) is 2.33. The number of hydrogen-bond donors (Lipinski definition) is 2. The van der Waals surface area contributed by atoms with Crippen molar-refractivity contribution < 1.29 is 0 Å². The summed E-state index contributed by atoms with van der Waals surface area (Å²) in [4.78, 5) is 3.25. The highest BCUT2D eigenvalue weighted by molar-refractivity contribution is 5.85. The van der Waals surface area contributed by atoms with Crippen molar-refractivity contribution in [1.29, 1.82) is 0 Å². The predicted molar refractivity (Wildman–Crippen MR) is 48.0 cm³/mol. The second kappa shape index (κ2) is 3.28. The molecule has 1 aromatic rings. The number of nitrogens with one attached hydrogen (secondary N) is 2. The van der Waals surface area contributed by atoms with Gasteiger partial charge in [-0.1, -0.05) is 0 Å². The molecular formula is C8H13ClN2. The molecular weight excluding hydrogens is 160 g/mol. The first kappa shape index (κ1) is 8.62. The molecule has 1 aromatic heterocycles. The first-order chi connectivity index (χ1) is 4.86. The highest BCUT2D eigenvalue weighted by Gasteiger charge is 2.13. The van der Waals surface area contributed by atoms with Crippen molar-refractivity contribution in [3.05, 3.63) is 23.5 Å². The Kier molecular flexibility index (Phi) is 2.58. The van der Waals surface area contributed by atoms with Crippen molar-refractivity contribution in [3.8, 4) is 0 Å². The van der Waals surface area contributed by atoms with Gasteiger partial charge in [0, 0.05) is 30.9 Å². The summed E-state index contributed by atoms with van der Waals surface area (Å²) in [7, 11) is 0. The lowest BCUT2D eigenvalue weighted by Gasteiger charge is -2.19. The lowest BCUT2D eigenvalue weighted by Crippen LogP contribution is -2.32. The van der Waals surface area contributed by atoms with E-state index in [4.69, 9.17) is 0 Å². The van der Waals surface area contributed by atoms with Crippen LogP contribution in [0.15, 0.2) is 12.3 Å². The summed E-state index contributed by atoms with van der Waals surface area (Å²) in [6, 6.07) is 2.78. The molecule has 0 radical (unpaired) electrons. The van der Waals surface area contributed by atoms with Crippen molar-refractivity contribution in [3.63, 3.8) is 0 Å². The molecule has 0 fully saturated rings. The van der Waals surface area contributed by atoms with Gasteiger partial charge in [0.15, 0.2) is 0 Å². The third kappa shape index (κ3) is 1.57. The fourth-order valence-corrected chi connectivity index (χ4v) is 1.45. The molecule has 0 spiro atoms. The van der Waals surface area contributed by atoms with Crippen molar-refractivity contribution in [2.45, 2.75) is 25.9 Å². The first-order valence-electron chi connectivity index (χ1n) is 3.75. The number of fused-ring (bicyclic) bond motifs is 1. The minimum atomic E-state index is 0. The Morgan fingerprint density at radius 2 is 2.36 bits per heavy atom. The Bertz CT molecular complexity index is 232. The van der Waals surface area contributed by atoms with E-state index in [0.717, 1.165) is 13.0 Å². The van der Waals surface area contributed by atoms with Crippen molar-refractivity contribution in [2.24, 2.45) is 0 Å². The smallest absolute Gasteiger partial charge is 0.0225 e. The molecule has 1 aliphatic heterocycles. The molecule has 0 saturated carbocycles. The summed E-state index contributed by atoms with van der Waals surface area (Å²) in [5.41, 5.74) is 2.84. The lowest BCUT2D eigenvalue weighted by atomic mass is 10.1. The summed E-state index contributed by atoms with van der Waals surface area (Å²) in [5, 5.41) is 3.40. The van der Waals surface area contributed by atoms with E-state index in [1.165, 1.54) is 11.3 Å². The van der Waals surface area contributed by atoms with E-state index in [9.17, 15) is 0 Å². The number of halogens is 1. The van der Waals surface area contributed by atoms with Crippen molar-refractivity contribution in [1.82, 2.24) is 10.3 Å². The van der Waals surface area contributed by atoms with Crippen LogP contribution in [0.4, 0.5) is 0 Å². The zero-order valence-corrected chi connectivity index (χ0v) is 7.37. The van der Waals surface area contributed by atoms with Gasteiger partial charge in [-0.25, -0.2) is 0 Å². The lowest BCUT2D eigenvalue weighted by molar-refractivity contribution is 0.509. The Labute approximate surface area is 72.8 Å². The van der Waals surface area contributed by atoms with Gasteiger partial charge in [0.05, 0.1) is 0 Å². The first-order valence-corrected chi connectivity index (χ1v) is 3.75. The van der Waals surface area contributed by atoms with Crippen LogP contribution in [-0.2, 0) is 13.0 Å². The van der Waals surface area contributed by atoms with Gasteiger partial charge in [-0.2, -0.15) is 0 Å². The van der Waals surface area contributed by atoms with Gasteiger partial charge in [-0.15, -0.1) is 12.4 Å². The topological polar surface area (TPSA) is 27.8 Å². The molecule has 2 heterocycles. The maximum Gasteiger partial charge on any atom is 0.0225 e. The maximum absolute atomic E-state index is 3.40. The molecule has 2 rings (SSSR count). The average molecular weight is 173 g/mol. The minimum absolute atomic E-state index is 0. The zero-order chi connectivity index (χ0) is 6.97. The van der Waals surface area contributed by atoms with Gasteiger partial charge in [-0.05, 0) is 18.6 Å². The highest BCUT2D eigenvalue weighted by atomic mass is 35.5. The summed E-state index contributed by atoms with van der Waals surface area (Å²) < 4.78 is 0. The number of H-pyrrole nitrogens is 1.